The molecule has 0 spiro atoms. The number of aromatic hydroxyl groups is 2. The van der Waals surface area contributed by atoms with E-state index < -0.39 is 0 Å². The molecule has 3 N–H and O–H groups in total. The Morgan fingerprint density at radius 1 is 1.06 bits per heavy atom. The van der Waals surface area contributed by atoms with Gasteiger partial charge in [0.25, 0.3) is 5.91 Å². The van der Waals surface area contributed by atoms with Crippen molar-refractivity contribution in [1.82, 2.24) is 25.0 Å². The number of anilines is 1. The van der Waals surface area contributed by atoms with E-state index in [4.69, 9.17) is 4.74 Å². The molecule has 0 aliphatic carbocycles. The first-order chi connectivity index (χ1) is 17.3. The van der Waals surface area contributed by atoms with E-state index in [2.05, 4.69) is 20.4 Å². The van der Waals surface area contributed by atoms with Crippen molar-refractivity contribution >= 4 is 11.6 Å². The van der Waals surface area contributed by atoms with Gasteiger partial charge in [0.2, 0.25) is 5.82 Å². The maximum atomic E-state index is 13.1. The molecule has 2 aromatic carbocycles. The number of likely N-dealkylation sites (N-methyl/N-ethyl adjacent to an activating group) is 1. The lowest BCUT2D eigenvalue weighted by atomic mass is 9.98. The van der Waals surface area contributed by atoms with Gasteiger partial charge < -0.3 is 30.1 Å². The summed E-state index contributed by atoms with van der Waals surface area (Å²) in [6.07, 6.45) is 0. The zero-order valence-corrected chi connectivity index (χ0v) is 21.2. The van der Waals surface area contributed by atoms with Crippen LogP contribution >= 0.6 is 0 Å². The largest absolute Gasteiger partial charge is 0.508 e. The number of nitrogens with one attached hydrogen (secondary N) is 1. The van der Waals surface area contributed by atoms with E-state index >= 15 is 0 Å². The topological polar surface area (TPSA) is 116 Å². The Kier molecular flexibility index (Phi) is 7.76. The van der Waals surface area contributed by atoms with E-state index in [1.54, 1.807) is 10.6 Å². The summed E-state index contributed by atoms with van der Waals surface area (Å²) in [4.78, 5) is 17.3. The zero-order chi connectivity index (χ0) is 25.8. The Labute approximate surface area is 211 Å². The fourth-order valence-corrected chi connectivity index (χ4v) is 4.19. The van der Waals surface area contributed by atoms with Crippen molar-refractivity contribution in [3.8, 4) is 28.6 Å². The molecule has 3 aromatic rings. The molecule has 1 aromatic heterocycles. The molecule has 192 valence electrons. The van der Waals surface area contributed by atoms with Crippen molar-refractivity contribution < 1.29 is 19.7 Å². The molecule has 1 amide bonds. The molecule has 4 rings (SSSR count). The van der Waals surface area contributed by atoms with Gasteiger partial charge in [-0.3, -0.25) is 9.36 Å². The van der Waals surface area contributed by atoms with Crippen molar-refractivity contribution in [1.29, 1.82) is 0 Å². The third-order valence-corrected chi connectivity index (χ3v) is 6.20. The number of carbonyl (C=O) groups is 1. The first kappa shape index (κ1) is 25.5. The Morgan fingerprint density at radius 2 is 1.72 bits per heavy atom. The van der Waals surface area contributed by atoms with Crippen LogP contribution in [0.3, 0.4) is 0 Å². The average Bonchev–Trinajstić information content (AvgIpc) is 3.29. The number of benzene rings is 2. The summed E-state index contributed by atoms with van der Waals surface area (Å²) in [5, 5.41) is 32.4. The highest BCUT2D eigenvalue weighted by Crippen LogP contribution is 2.38. The number of aromatic nitrogens is 3. The maximum Gasteiger partial charge on any atom is 0.289 e. The predicted molar refractivity (Wildman–Crippen MR) is 138 cm³/mol. The fraction of sp³-hybridized carbons (Fsp3) is 0.423. The molecule has 10 heteroatoms. The molecule has 0 radical (unpaired) electrons. The molecular weight excluding hydrogens is 460 g/mol. The number of hydrogen-bond acceptors (Lipinski definition) is 8. The number of rotatable bonds is 8. The number of hydrogen-bond donors (Lipinski definition) is 3. The monoisotopic (exact) mass is 494 g/mol. The van der Waals surface area contributed by atoms with Crippen molar-refractivity contribution in [3.05, 3.63) is 47.8 Å². The minimum atomic E-state index is -0.366. The summed E-state index contributed by atoms with van der Waals surface area (Å²) >= 11 is 0. The van der Waals surface area contributed by atoms with Crippen molar-refractivity contribution in [3.63, 3.8) is 0 Å². The lowest BCUT2D eigenvalue weighted by molar-refractivity contribution is 0.0938. The smallest absolute Gasteiger partial charge is 0.289 e. The minimum Gasteiger partial charge on any atom is -0.508 e. The van der Waals surface area contributed by atoms with Crippen LogP contribution < -0.4 is 10.2 Å². The number of amides is 1. The average molecular weight is 495 g/mol. The Balaban J connectivity index is 1.77. The van der Waals surface area contributed by atoms with E-state index in [0.717, 1.165) is 18.8 Å². The molecule has 1 saturated heterocycles. The van der Waals surface area contributed by atoms with Crippen molar-refractivity contribution in [2.75, 3.05) is 58.4 Å². The SMILES string of the molecule is CC(C)c1cc(-c2nnc(C(=O)NCCN(C)C)n2-c2ccc(N3CCOCC3)cc2)c(O)cc1O. The second-order valence-electron chi connectivity index (χ2n) is 9.44. The standard InChI is InChI=1S/C26H34N6O4/c1-17(2)20-15-21(23(34)16-22(20)33)24-28-29-25(26(35)27-9-10-30(3)4)32(24)19-7-5-18(6-8-19)31-11-13-36-14-12-31/h5-8,15-17,33-34H,9-14H2,1-4H3,(H,27,35). The summed E-state index contributed by atoms with van der Waals surface area (Å²) < 4.78 is 7.10. The number of ether oxygens (including phenoxy) is 1. The molecule has 0 unspecified atom stereocenters. The Morgan fingerprint density at radius 3 is 2.36 bits per heavy atom. The molecule has 2 heterocycles. The van der Waals surface area contributed by atoms with Crippen LogP contribution in [0.15, 0.2) is 36.4 Å². The highest BCUT2D eigenvalue weighted by atomic mass is 16.5. The summed E-state index contributed by atoms with van der Waals surface area (Å²) in [6, 6.07) is 10.8. The van der Waals surface area contributed by atoms with Gasteiger partial charge >= 0.3 is 0 Å². The number of morpholine rings is 1. The van der Waals surface area contributed by atoms with Crippen LogP contribution in [0.4, 0.5) is 5.69 Å². The Bertz CT molecular complexity index is 1200. The van der Waals surface area contributed by atoms with Crippen molar-refractivity contribution in [2.45, 2.75) is 19.8 Å². The van der Waals surface area contributed by atoms with Gasteiger partial charge in [0.05, 0.1) is 18.8 Å². The van der Waals surface area contributed by atoms with E-state index in [1.165, 1.54) is 6.07 Å². The summed E-state index contributed by atoms with van der Waals surface area (Å²) in [6.45, 7) is 8.04. The third-order valence-electron chi connectivity index (χ3n) is 6.20. The zero-order valence-electron chi connectivity index (χ0n) is 21.2. The van der Waals surface area contributed by atoms with Gasteiger partial charge in [-0.25, -0.2) is 0 Å². The fourth-order valence-electron chi connectivity index (χ4n) is 4.19. The van der Waals surface area contributed by atoms with Gasteiger partial charge in [0.1, 0.15) is 11.5 Å². The Hall–Kier alpha value is -3.63. The van der Waals surface area contributed by atoms with Gasteiger partial charge in [-0.2, -0.15) is 0 Å². The third kappa shape index (κ3) is 5.44. The van der Waals surface area contributed by atoms with E-state index in [1.807, 2.05) is 57.1 Å². The summed E-state index contributed by atoms with van der Waals surface area (Å²) in [5.41, 5.74) is 2.79. The maximum absolute atomic E-state index is 13.1. The molecule has 1 fully saturated rings. The number of nitrogens with zero attached hydrogens (tertiary/aromatic N) is 5. The molecule has 0 atom stereocenters. The number of phenolic OH excluding ortho intramolecular Hbond substituents is 2. The van der Waals surface area contributed by atoms with E-state index in [9.17, 15) is 15.0 Å². The van der Waals surface area contributed by atoms with Crippen LogP contribution in [0.2, 0.25) is 0 Å². The second-order valence-corrected chi connectivity index (χ2v) is 9.44. The number of carbonyl (C=O) groups excluding carboxylic acids is 1. The highest BCUT2D eigenvalue weighted by Gasteiger charge is 2.24. The van der Waals surface area contributed by atoms with Gasteiger partial charge in [-0.05, 0) is 55.9 Å². The lowest BCUT2D eigenvalue weighted by Crippen LogP contribution is -2.36. The van der Waals surface area contributed by atoms with Crippen LogP contribution in [0.5, 0.6) is 11.5 Å². The lowest BCUT2D eigenvalue weighted by Gasteiger charge is -2.29. The van der Waals surface area contributed by atoms with Crippen LogP contribution in [0, 0.1) is 0 Å². The predicted octanol–water partition coefficient (Wildman–Crippen LogP) is 2.60. The van der Waals surface area contributed by atoms with Crippen LogP contribution in [-0.4, -0.2) is 89.3 Å². The highest BCUT2D eigenvalue weighted by molar-refractivity contribution is 5.92. The van der Waals surface area contributed by atoms with E-state index in [-0.39, 0.29) is 29.1 Å². The van der Waals surface area contributed by atoms with Crippen molar-refractivity contribution in [2.24, 2.45) is 0 Å². The van der Waals surface area contributed by atoms with Crippen LogP contribution in [-0.2, 0) is 4.74 Å². The van der Waals surface area contributed by atoms with E-state index in [0.29, 0.717) is 48.9 Å². The molecule has 10 nitrogen and oxygen atoms in total. The molecule has 0 saturated carbocycles. The van der Waals surface area contributed by atoms with Gasteiger partial charge in [-0.15, -0.1) is 10.2 Å². The van der Waals surface area contributed by atoms with Gasteiger partial charge in [-0.1, -0.05) is 13.8 Å². The normalized spacial score (nSPS) is 14.0. The molecule has 0 bridgehead atoms. The second kappa shape index (κ2) is 11.0. The summed E-state index contributed by atoms with van der Waals surface area (Å²) in [7, 11) is 3.87. The quantitative estimate of drug-likeness (QED) is 0.438. The molecule has 36 heavy (non-hydrogen) atoms. The van der Waals surface area contributed by atoms with Gasteiger partial charge in [0, 0.05) is 43.6 Å². The first-order valence-electron chi connectivity index (χ1n) is 12.1. The van der Waals surface area contributed by atoms with Crippen LogP contribution in [0.25, 0.3) is 17.1 Å². The summed E-state index contributed by atoms with van der Waals surface area (Å²) in [5.74, 6) is -0.0610. The number of phenols is 2. The minimum absolute atomic E-state index is 0.00818. The first-order valence-corrected chi connectivity index (χ1v) is 12.1. The molecule has 1 aliphatic rings. The van der Waals surface area contributed by atoms with Gasteiger partial charge in [0.15, 0.2) is 5.82 Å². The molecular formula is C26H34N6O4. The van der Waals surface area contributed by atoms with Crippen LogP contribution in [0.1, 0.15) is 35.9 Å². The molecule has 1 aliphatic heterocycles.